The molecule has 2 aromatic rings. The van der Waals surface area contributed by atoms with Gasteiger partial charge in [0.1, 0.15) is 6.04 Å². The molecule has 0 radical (unpaired) electrons. The molecule has 3 N–H and O–H groups in total. The molecule has 0 spiro atoms. The van der Waals surface area contributed by atoms with Gasteiger partial charge in [0, 0.05) is 32.0 Å². The average molecular weight is 468 g/mol. The van der Waals surface area contributed by atoms with Gasteiger partial charge in [0.25, 0.3) is 0 Å². The highest BCUT2D eigenvalue weighted by atomic mass is 16.5. The average Bonchev–Trinajstić information content (AvgIpc) is 3.45. The van der Waals surface area contributed by atoms with E-state index < -0.39 is 12.1 Å². The summed E-state index contributed by atoms with van der Waals surface area (Å²) in [4.78, 5) is 40.3. The minimum atomic E-state index is -0.616. The molecule has 2 aliphatic rings. The Labute approximate surface area is 199 Å². The van der Waals surface area contributed by atoms with E-state index in [1.54, 1.807) is 11.0 Å². The molecule has 0 saturated heterocycles. The predicted octanol–water partition coefficient (Wildman–Crippen LogP) is 1.70. The molecule has 182 valence electrons. The van der Waals surface area contributed by atoms with E-state index in [0.717, 1.165) is 29.7 Å². The van der Waals surface area contributed by atoms with Gasteiger partial charge >= 0.3 is 0 Å². The van der Waals surface area contributed by atoms with Crippen LogP contribution in [0.1, 0.15) is 50.5 Å². The highest BCUT2D eigenvalue weighted by Crippen LogP contribution is 2.39. The zero-order valence-electron chi connectivity index (χ0n) is 20.0. The smallest absolute Gasteiger partial charge is 0.244 e. The highest BCUT2D eigenvalue weighted by Gasteiger charge is 2.43. The number of para-hydroxylation sites is 1. The van der Waals surface area contributed by atoms with E-state index in [4.69, 9.17) is 4.52 Å². The first-order chi connectivity index (χ1) is 16.4. The van der Waals surface area contributed by atoms with Gasteiger partial charge in [-0.1, -0.05) is 43.6 Å². The number of aryl methyl sites for hydroxylation is 1. The lowest BCUT2D eigenvalue weighted by Gasteiger charge is -2.30. The summed E-state index contributed by atoms with van der Waals surface area (Å²) in [6.07, 6.45) is 4.29. The Morgan fingerprint density at radius 3 is 2.76 bits per heavy atom. The summed E-state index contributed by atoms with van der Waals surface area (Å²) < 4.78 is 5.08. The van der Waals surface area contributed by atoms with Crippen molar-refractivity contribution in [1.82, 2.24) is 21.1 Å². The monoisotopic (exact) mass is 467 g/mol. The Kier molecular flexibility index (Phi) is 7.31. The summed E-state index contributed by atoms with van der Waals surface area (Å²) in [5, 5.41) is 13.0. The third-order valence-electron chi connectivity index (χ3n) is 6.94. The third-order valence-corrected chi connectivity index (χ3v) is 6.94. The van der Waals surface area contributed by atoms with Gasteiger partial charge in [0.2, 0.25) is 17.7 Å². The molecule has 2 aliphatic heterocycles. The molecule has 4 atom stereocenters. The lowest BCUT2D eigenvalue weighted by atomic mass is 9.98. The van der Waals surface area contributed by atoms with Crippen molar-refractivity contribution in [3.05, 3.63) is 47.3 Å². The molecular formula is C25H33N5O4. The standard InChI is InChI=1S/C25H33N5O4/c1-4-15(2)21(29-16(3)31)14-26-20-9-8-17-6-5-7-18-12-22(30(23(17)18)25(20)33)24(32)27-13-19-10-11-28-34-19/h5-7,10-11,15,20-22,26H,4,8-9,12-14H2,1-3H3,(H,27,32)(H,29,31)/t15-,20-,21+,22-/m0/s1. The van der Waals surface area contributed by atoms with Gasteiger partial charge in [-0.3, -0.25) is 19.3 Å². The van der Waals surface area contributed by atoms with E-state index in [-0.39, 0.29) is 36.2 Å². The summed E-state index contributed by atoms with van der Waals surface area (Å²) in [5.74, 6) is 0.416. The lowest BCUT2D eigenvalue weighted by molar-refractivity contribution is -0.127. The van der Waals surface area contributed by atoms with Crippen molar-refractivity contribution in [3.8, 4) is 0 Å². The summed E-state index contributed by atoms with van der Waals surface area (Å²) in [6.45, 7) is 6.39. The molecular weight excluding hydrogens is 434 g/mol. The Bertz CT molecular complexity index is 1040. The Hall–Kier alpha value is -3.20. The Morgan fingerprint density at radius 1 is 1.26 bits per heavy atom. The fourth-order valence-corrected chi connectivity index (χ4v) is 4.86. The van der Waals surface area contributed by atoms with E-state index >= 15 is 0 Å². The van der Waals surface area contributed by atoms with E-state index in [9.17, 15) is 14.4 Å². The van der Waals surface area contributed by atoms with Crippen LogP contribution in [0.5, 0.6) is 0 Å². The van der Waals surface area contributed by atoms with Crippen LogP contribution in [0, 0.1) is 5.92 Å². The van der Waals surface area contributed by atoms with Crippen LogP contribution in [0.15, 0.2) is 35.0 Å². The second-order valence-electron chi connectivity index (χ2n) is 9.24. The van der Waals surface area contributed by atoms with E-state index in [0.29, 0.717) is 25.1 Å². The van der Waals surface area contributed by atoms with E-state index in [1.807, 2.05) is 18.2 Å². The van der Waals surface area contributed by atoms with Crippen LogP contribution in [0.3, 0.4) is 0 Å². The zero-order valence-corrected chi connectivity index (χ0v) is 20.0. The minimum Gasteiger partial charge on any atom is -0.360 e. The van der Waals surface area contributed by atoms with Crippen LogP contribution in [-0.4, -0.2) is 47.5 Å². The quantitative estimate of drug-likeness (QED) is 0.517. The van der Waals surface area contributed by atoms with Crippen LogP contribution in [0.2, 0.25) is 0 Å². The van der Waals surface area contributed by atoms with Crippen molar-refractivity contribution in [3.63, 3.8) is 0 Å². The first-order valence-electron chi connectivity index (χ1n) is 12.0. The molecule has 0 aliphatic carbocycles. The first-order valence-corrected chi connectivity index (χ1v) is 12.0. The normalized spacial score (nSPS) is 20.9. The van der Waals surface area contributed by atoms with Gasteiger partial charge in [-0.25, -0.2) is 0 Å². The summed E-state index contributed by atoms with van der Waals surface area (Å²) in [7, 11) is 0. The maximum atomic E-state index is 13.8. The lowest BCUT2D eigenvalue weighted by Crippen LogP contribution is -2.55. The molecule has 0 fully saturated rings. The molecule has 1 aromatic heterocycles. The maximum Gasteiger partial charge on any atom is 0.244 e. The minimum absolute atomic E-state index is 0.0731. The molecule has 3 heterocycles. The Balaban J connectivity index is 1.52. The van der Waals surface area contributed by atoms with E-state index in [2.05, 4.69) is 35.0 Å². The van der Waals surface area contributed by atoms with Crippen LogP contribution in [-0.2, 0) is 33.8 Å². The van der Waals surface area contributed by atoms with Crippen molar-refractivity contribution in [2.75, 3.05) is 11.4 Å². The van der Waals surface area contributed by atoms with Crippen LogP contribution < -0.4 is 20.9 Å². The van der Waals surface area contributed by atoms with Crippen molar-refractivity contribution in [2.24, 2.45) is 5.92 Å². The number of aromatic nitrogens is 1. The molecule has 0 unspecified atom stereocenters. The number of amides is 3. The van der Waals surface area contributed by atoms with Gasteiger partial charge < -0.3 is 20.5 Å². The number of carbonyl (C=O) groups is 3. The van der Waals surface area contributed by atoms with Crippen LogP contribution in [0.25, 0.3) is 0 Å². The summed E-state index contributed by atoms with van der Waals surface area (Å²) in [5.41, 5.74) is 2.97. The number of hydrogen-bond acceptors (Lipinski definition) is 6. The molecule has 3 amide bonds. The molecule has 9 heteroatoms. The van der Waals surface area contributed by atoms with E-state index in [1.165, 1.54) is 13.1 Å². The second kappa shape index (κ2) is 10.4. The molecule has 1 aromatic carbocycles. The molecule has 34 heavy (non-hydrogen) atoms. The largest absolute Gasteiger partial charge is 0.360 e. The van der Waals surface area contributed by atoms with Crippen LogP contribution in [0.4, 0.5) is 5.69 Å². The number of benzene rings is 1. The number of hydrogen-bond donors (Lipinski definition) is 3. The second-order valence-corrected chi connectivity index (χ2v) is 9.24. The molecule has 9 nitrogen and oxygen atoms in total. The van der Waals surface area contributed by atoms with Gasteiger partial charge in [-0.05, 0) is 29.9 Å². The van der Waals surface area contributed by atoms with Crippen molar-refractivity contribution >= 4 is 23.4 Å². The maximum absolute atomic E-state index is 13.8. The summed E-state index contributed by atoms with van der Waals surface area (Å²) >= 11 is 0. The third kappa shape index (κ3) is 4.99. The number of carbonyl (C=O) groups excluding carboxylic acids is 3. The van der Waals surface area contributed by atoms with Gasteiger partial charge in [0.15, 0.2) is 5.76 Å². The molecule has 0 saturated carbocycles. The Morgan fingerprint density at radius 2 is 2.06 bits per heavy atom. The molecule has 0 bridgehead atoms. The number of nitrogens with one attached hydrogen (secondary N) is 3. The topological polar surface area (TPSA) is 117 Å². The highest BCUT2D eigenvalue weighted by molar-refractivity contribution is 6.06. The number of anilines is 1. The SMILES string of the molecule is CC[C@H](C)[C@@H](CN[C@H]1CCc2cccc3c2N(C1=O)[C@H](C(=O)NCc1ccno1)C3)NC(C)=O. The zero-order chi connectivity index (χ0) is 24.2. The van der Waals surface area contributed by atoms with Crippen molar-refractivity contribution in [1.29, 1.82) is 0 Å². The fourth-order valence-electron chi connectivity index (χ4n) is 4.86. The van der Waals surface area contributed by atoms with Crippen LogP contribution >= 0.6 is 0 Å². The van der Waals surface area contributed by atoms with Gasteiger partial charge in [-0.15, -0.1) is 0 Å². The molecule has 4 rings (SSSR count). The van der Waals surface area contributed by atoms with Gasteiger partial charge in [-0.2, -0.15) is 0 Å². The number of nitrogens with zero attached hydrogens (tertiary/aromatic N) is 2. The fraction of sp³-hybridized carbons (Fsp3) is 0.520. The summed E-state index contributed by atoms with van der Waals surface area (Å²) in [6, 6.07) is 6.59. The van der Waals surface area contributed by atoms with Gasteiger partial charge in [0.05, 0.1) is 24.5 Å². The first kappa shape index (κ1) is 23.9. The van der Waals surface area contributed by atoms with Crippen molar-refractivity contribution in [2.45, 2.75) is 71.1 Å². The predicted molar refractivity (Wildman–Crippen MR) is 127 cm³/mol. The number of rotatable bonds is 9. The van der Waals surface area contributed by atoms with Crippen molar-refractivity contribution < 1.29 is 18.9 Å².